The molecule has 0 atom stereocenters. The highest BCUT2D eigenvalue weighted by atomic mass is 32.2. The van der Waals surface area contributed by atoms with E-state index in [4.69, 9.17) is 4.74 Å². The molecule has 2 aromatic carbocycles. The number of hydrogen-bond acceptors (Lipinski definition) is 5. The Morgan fingerprint density at radius 2 is 1.81 bits per heavy atom. The van der Waals surface area contributed by atoms with Crippen molar-refractivity contribution in [3.8, 4) is 5.75 Å². The van der Waals surface area contributed by atoms with E-state index in [1.165, 1.54) is 0 Å². The Balaban J connectivity index is 1.75. The molecule has 1 N–H and O–H groups in total. The number of carbonyl (C=O) groups is 1. The van der Waals surface area contributed by atoms with Crippen LogP contribution in [-0.2, 0) is 0 Å². The van der Waals surface area contributed by atoms with Crippen LogP contribution in [-0.4, -0.2) is 47.5 Å². The Hall–Kier alpha value is -2.73. The van der Waals surface area contributed by atoms with Gasteiger partial charge in [-0.2, -0.15) is 11.8 Å². The second-order valence-corrected chi connectivity index (χ2v) is 7.53. The Kier molecular flexibility index (Phi) is 5.16. The summed E-state index contributed by atoms with van der Waals surface area (Å²) in [5, 5.41) is 4.39. The van der Waals surface area contributed by atoms with Gasteiger partial charge in [0.15, 0.2) is 0 Å². The van der Waals surface area contributed by atoms with Crippen LogP contribution in [0.2, 0.25) is 0 Å². The maximum absolute atomic E-state index is 13.0. The number of carbonyl (C=O) groups excluding carboxylic acids is 1. The molecule has 0 aliphatic carbocycles. The Labute approximate surface area is 162 Å². The standard InChI is InChI=1S/C21H21N3O2S/c1-26-20-9-5-4-8-17(20)23-18-14-19(21(25)24-10-12-27-13-11-24)22-16-7-3-2-6-15(16)18/h2-9,14H,10-13H2,1H3,(H,22,23). The van der Waals surface area contributed by atoms with Crippen LogP contribution in [0.4, 0.5) is 11.4 Å². The number of rotatable bonds is 4. The van der Waals surface area contributed by atoms with Gasteiger partial charge >= 0.3 is 0 Å². The minimum Gasteiger partial charge on any atom is -0.495 e. The van der Waals surface area contributed by atoms with E-state index in [9.17, 15) is 4.79 Å². The molecule has 2 heterocycles. The fourth-order valence-corrected chi connectivity index (χ4v) is 4.11. The van der Waals surface area contributed by atoms with E-state index in [2.05, 4.69) is 10.3 Å². The number of hydrogen-bond donors (Lipinski definition) is 1. The fraction of sp³-hybridized carbons (Fsp3) is 0.238. The van der Waals surface area contributed by atoms with Crippen LogP contribution in [0.1, 0.15) is 10.5 Å². The number of pyridine rings is 1. The highest BCUT2D eigenvalue weighted by Crippen LogP contribution is 2.31. The number of benzene rings is 2. The van der Waals surface area contributed by atoms with Crippen LogP contribution < -0.4 is 10.1 Å². The summed E-state index contributed by atoms with van der Waals surface area (Å²) < 4.78 is 5.45. The summed E-state index contributed by atoms with van der Waals surface area (Å²) >= 11 is 1.88. The lowest BCUT2D eigenvalue weighted by molar-refractivity contribution is 0.0767. The summed E-state index contributed by atoms with van der Waals surface area (Å²) in [7, 11) is 1.65. The first-order chi connectivity index (χ1) is 13.3. The third-order valence-corrected chi connectivity index (χ3v) is 5.55. The molecule has 5 nitrogen and oxygen atoms in total. The number of thioether (sulfide) groups is 1. The van der Waals surface area contributed by atoms with Gasteiger partial charge in [0.2, 0.25) is 0 Å². The predicted octanol–water partition coefficient (Wildman–Crippen LogP) is 4.18. The first-order valence-electron chi connectivity index (χ1n) is 8.93. The molecule has 1 aromatic heterocycles. The largest absolute Gasteiger partial charge is 0.495 e. The van der Waals surface area contributed by atoms with E-state index in [-0.39, 0.29) is 5.91 Å². The zero-order valence-electron chi connectivity index (χ0n) is 15.1. The summed E-state index contributed by atoms with van der Waals surface area (Å²) in [5.74, 6) is 2.69. The lowest BCUT2D eigenvalue weighted by atomic mass is 10.1. The molecule has 1 aliphatic rings. The first-order valence-corrected chi connectivity index (χ1v) is 10.1. The van der Waals surface area contributed by atoms with Gasteiger partial charge in [-0.05, 0) is 24.3 Å². The van der Waals surface area contributed by atoms with Crippen LogP contribution in [0.3, 0.4) is 0 Å². The molecule has 1 saturated heterocycles. The zero-order valence-corrected chi connectivity index (χ0v) is 16.0. The maximum Gasteiger partial charge on any atom is 0.272 e. The summed E-state index contributed by atoms with van der Waals surface area (Å²) in [4.78, 5) is 19.5. The van der Waals surface area contributed by atoms with Gasteiger partial charge in [0, 0.05) is 30.0 Å². The monoisotopic (exact) mass is 379 g/mol. The Bertz CT molecular complexity index is 971. The number of fused-ring (bicyclic) bond motifs is 1. The van der Waals surface area contributed by atoms with Crippen molar-refractivity contribution in [3.05, 3.63) is 60.3 Å². The van der Waals surface area contributed by atoms with E-state index in [0.717, 1.165) is 52.6 Å². The number of nitrogens with zero attached hydrogens (tertiary/aromatic N) is 2. The van der Waals surface area contributed by atoms with Crippen LogP contribution in [0.15, 0.2) is 54.6 Å². The van der Waals surface area contributed by atoms with Gasteiger partial charge in [0.05, 0.1) is 24.0 Å². The minimum atomic E-state index is -0.0101. The molecule has 0 spiro atoms. The lowest BCUT2D eigenvalue weighted by Gasteiger charge is -2.26. The van der Waals surface area contributed by atoms with Gasteiger partial charge < -0.3 is 15.0 Å². The molecule has 6 heteroatoms. The maximum atomic E-state index is 13.0. The Morgan fingerprint density at radius 1 is 1.07 bits per heavy atom. The average Bonchev–Trinajstić information content (AvgIpc) is 2.74. The van der Waals surface area contributed by atoms with Gasteiger partial charge in [0.1, 0.15) is 11.4 Å². The molecule has 1 aliphatic heterocycles. The summed E-state index contributed by atoms with van der Waals surface area (Å²) in [6, 6.07) is 17.4. The second-order valence-electron chi connectivity index (χ2n) is 6.30. The highest BCUT2D eigenvalue weighted by molar-refractivity contribution is 7.99. The summed E-state index contributed by atoms with van der Waals surface area (Å²) in [5.41, 5.74) is 2.97. The van der Waals surface area contributed by atoms with Crippen molar-refractivity contribution >= 4 is 39.9 Å². The van der Waals surface area contributed by atoms with Crippen LogP contribution in [0.25, 0.3) is 10.9 Å². The molecule has 0 bridgehead atoms. The molecular weight excluding hydrogens is 358 g/mol. The van der Waals surface area contributed by atoms with E-state index in [1.54, 1.807) is 7.11 Å². The molecule has 0 unspecified atom stereocenters. The molecule has 27 heavy (non-hydrogen) atoms. The van der Waals surface area contributed by atoms with E-state index in [1.807, 2.05) is 71.3 Å². The molecule has 3 aromatic rings. The molecule has 0 saturated carbocycles. The molecule has 138 valence electrons. The minimum absolute atomic E-state index is 0.0101. The van der Waals surface area contributed by atoms with Crippen molar-refractivity contribution in [2.75, 3.05) is 37.0 Å². The topological polar surface area (TPSA) is 54.5 Å². The van der Waals surface area contributed by atoms with Crippen molar-refractivity contribution in [1.29, 1.82) is 0 Å². The number of aromatic nitrogens is 1. The van der Waals surface area contributed by atoms with Gasteiger partial charge in [0.25, 0.3) is 5.91 Å². The van der Waals surface area contributed by atoms with E-state index in [0.29, 0.717) is 5.69 Å². The smallest absolute Gasteiger partial charge is 0.272 e. The van der Waals surface area contributed by atoms with E-state index >= 15 is 0 Å². The predicted molar refractivity (Wildman–Crippen MR) is 111 cm³/mol. The van der Waals surface area contributed by atoms with E-state index < -0.39 is 0 Å². The lowest BCUT2D eigenvalue weighted by Crippen LogP contribution is -2.38. The van der Waals surface area contributed by atoms with Crippen molar-refractivity contribution in [2.24, 2.45) is 0 Å². The normalized spacial score (nSPS) is 14.2. The van der Waals surface area contributed by atoms with Gasteiger partial charge in [-0.3, -0.25) is 4.79 Å². The number of amides is 1. The average molecular weight is 379 g/mol. The first kappa shape index (κ1) is 17.7. The third kappa shape index (κ3) is 3.71. The quantitative estimate of drug-likeness (QED) is 0.737. The molecule has 1 fully saturated rings. The molecular formula is C21H21N3O2S. The molecule has 4 rings (SSSR count). The molecule has 1 amide bonds. The van der Waals surface area contributed by atoms with Crippen molar-refractivity contribution in [2.45, 2.75) is 0 Å². The Morgan fingerprint density at radius 3 is 2.63 bits per heavy atom. The summed E-state index contributed by atoms with van der Waals surface area (Å²) in [6.45, 7) is 1.54. The fourth-order valence-electron chi connectivity index (χ4n) is 3.21. The molecule has 0 radical (unpaired) electrons. The van der Waals surface area contributed by atoms with Gasteiger partial charge in [-0.15, -0.1) is 0 Å². The third-order valence-electron chi connectivity index (χ3n) is 4.61. The van der Waals surface area contributed by atoms with Crippen LogP contribution >= 0.6 is 11.8 Å². The zero-order chi connectivity index (χ0) is 18.6. The van der Waals surface area contributed by atoms with Crippen molar-refractivity contribution in [1.82, 2.24) is 9.88 Å². The number of nitrogens with one attached hydrogen (secondary N) is 1. The number of ether oxygens (including phenoxy) is 1. The summed E-state index contributed by atoms with van der Waals surface area (Å²) in [6.07, 6.45) is 0. The van der Waals surface area contributed by atoms with Gasteiger partial charge in [-0.25, -0.2) is 4.98 Å². The number of methoxy groups -OCH3 is 1. The highest BCUT2D eigenvalue weighted by Gasteiger charge is 2.21. The number of para-hydroxylation sites is 3. The van der Waals surface area contributed by atoms with Crippen LogP contribution in [0, 0.1) is 0 Å². The second kappa shape index (κ2) is 7.88. The SMILES string of the molecule is COc1ccccc1Nc1cc(C(=O)N2CCSCC2)nc2ccccc12. The number of anilines is 2. The van der Waals surface area contributed by atoms with Crippen molar-refractivity contribution < 1.29 is 9.53 Å². The van der Waals surface area contributed by atoms with Crippen molar-refractivity contribution in [3.63, 3.8) is 0 Å². The van der Waals surface area contributed by atoms with Crippen LogP contribution in [0.5, 0.6) is 5.75 Å². The van der Waals surface area contributed by atoms with Gasteiger partial charge in [-0.1, -0.05) is 30.3 Å².